The zero-order chi connectivity index (χ0) is 14.3. The molecule has 2 aliphatic heterocycles. The van der Waals surface area contributed by atoms with E-state index in [0.29, 0.717) is 18.6 Å². The van der Waals surface area contributed by atoms with Gasteiger partial charge in [-0.25, -0.2) is 4.90 Å². The molecule has 2 heterocycles. The number of nitriles is 1. The predicted octanol–water partition coefficient (Wildman–Crippen LogP) is 0.988. The molecule has 0 N–H and O–H groups in total. The Bertz CT molecular complexity index is 613. The van der Waals surface area contributed by atoms with Gasteiger partial charge in [0.25, 0.3) is 11.8 Å². The lowest BCUT2D eigenvalue weighted by molar-refractivity contribution is -0.146. The fraction of sp³-hybridized carbons (Fsp3) is 0.357. The van der Waals surface area contributed by atoms with Crippen molar-refractivity contribution in [1.29, 1.82) is 5.26 Å². The molecule has 2 saturated heterocycles. The summed E-state index contributed by atoms with van der Waals surface area (Å²) in [5.41, 5.74) is 0.444. The van der Waals surface area contributed by atoms with E-state index in [1.165, 1.54) is 7.11 Å². The van der Waals surface area contributed by atoms with E-state index in [-0.39, 0.29) is 11.3 Å². The van der Waals surface area contributed by atoms with Gasteiger partial charge in [0, 0.05) is 0 Å². The lowest BCUT2D eigenvalue weighted by Gasteiger charge is -2.31. The van der Waals surface area contributed by atoms with Gasteiger partial charge in [0.1, 0.15) is 29.7 Å². The SMILES string of the molecule is COc1cccc(C#N)c1N1C(=O)C2CCC(O2)C1=O. The number of rotatable bonds is 2. The molecule has 2 atom stereocenters. The highest BCUT2D eigenvalue weighted by atomic mass is 16.5. The number of carbonyl (C=O) groups excluding carboxylic acids is 2. The zero-order valence-electron chi connectivity index (χ0n) is 10.8. The number of methoxy groups -OCH3 is 1. The van der Waals surface area contributed by atoms with Gasteiger partial charge in [0.05, 0.1) is 12.7 Å². The van der Waals surface area contributed by atoms with Crippen LogP contribution in [0.1, 0.15) is 18.4 Å². The van der Waals surface area contributed by atoms with E-state index in [0.717, 1.165) is 4.90 Å². The van der Waals surface area contributed by atoms with Gasteiger partial charge in [-0.15, -0.1) is 0 Å². The van der Waals surface area contributed by atoms with E-state index in [1.807, 2.05) is 6.07 Å². The monoisotopic (exact) mass is 272 g/mol. The molecular weight excluding hydrogens is 260 g/mol. The van der Waals surface area contributed by atoms with Crippen molar-refractivity contribution >= 4 is 17.5 Å². The molecule has 0 radical (unpaired) electrons. The first kappa shape index (κ1) is 12.6. The lowest BCUT2D eigenvalue weighted by atomic mass is 10.1. The minimum absolute atomic E-state index is 0.215. The van der Waals surface area contributed by atoms with Gasteiger partial charge in [0.2, 0.25) is 0 Å². The Hall–Kier alpha value is -2.39. The number of nitrogens with zero attached hydrogens (tertiary/aromatic N) is 2. The fourth-order valence-corrected chi connectivity index (χ4v) is 2.63. The van der Waals surface area contributed by atoms with E-state index in [1.54, 1.807) is 18.2 Å². The Morgan fingerprint density at radius 3 is 2.50 bits per heavy atom. The van der Waals surface area contributed by atoms with Crippen molar-refractivity contribution in [3.8, 4) is 11.8 Å². The van der Waals surface area contributed by atoms with Crippen molar-refractivity contribution in [2.24, 2.45) is 0 Å². The van der Waals surface area contributed by atoms with Crippen molar-refractivity contribution < 1.29 is 19.1 Å². The quantitative estimate of drug-likeness (QED) is 0.750. The number of carbonyl (C=O) groups is 2. The van der Waals surface area contributed by atoms with E-state index in [2.05, 4.69) is 0 Å². The first-order chi connectivity index (χ1) is 9.67. The summed E-state index contributed by atoms with van der Waals surface area (Å²) >= 11 is 0. The van der Waals surface area contributed by atoms with Gasteiger partial charge in [-0.05, 0) is 25.0 Å². The summed E-state index contributed by atoms with van der Waals surface area (Å²) in [5.74, 6) is -0.526. The van der Waals surface area contributed by atoms with Crippen LogP contribution in [0.15, 0.2) is 18.2 Å². The maximum atomic E-state index is 12.3. The lowest BCUT2D eigenvalue weighted by Crippen LogP contribution is -2.52. The third-order valence-electron chi connectivity index (χ3n) is 3.57. The number of para-hydroxylation sites is 1. The summed E-state index contributed by atoms with van der Waals surface area (Å²) in [7, 11) is 1.43. The van der Waals surface area contributed by atoms with Gasteiger partial charge >= 0.3 is 0 Å². The first-order valence-electron chi connectivity index (χ1n) is 6.27. The summed E-state index contributed by atoms with van der Waals surface area (Å²) in [6.45, 7) is 0. The molecule has 0 saturated carbocycles. The molecule has 0 aliphatic carbocycles. The van der Waals surface area contributed by atoms with Crippen LogP contribution in [0.25, 0.3) is 0 Å². The van der Waals surface area contributed by atoms with Gasteiger partial charge in [-0.2, -0.15) is 5.26 Å². The van der Waals surface area contributed by atoms with Crippen LogP contribution in [0.2, 0.25) is 0 Å². The molecule has 2 amide bonds. The predicted molar refractivity (Wildman–Crippen MR) is 68.1 cm³/mol. The van der Waals surface area contributed by atoms with Crippen LogP contribution in [-0.4, -0.2) is 31.1 Å². The highest BCUT2D eigenvalue weighted by Crippen LogP contribution is 2.38. The summed E-state index contributed by atoms with van der Waals surface area (Å²) in [4.78, 5) is 25.7. The molecule has 2 aliphatic rings. The molecule has 0 aromatic heterocycles. The van der Waals surface area contributed by atoms with Crippen molar-refractivity contribution in [2.75, 3.05) is 12.0 Å². The average molecular weight is 272 g/mol. The minimum Gasteiger partial charge on any atom is -0.495 e. The molecule has 3 rings (SSSR count). The average Bonchev–Trinajstić information content (AvgIpc) is 2.92. The third kappa shape index (κ3) is 1.67. The van der Waals surface area contributed by atoms with E-state index in [4.69, 9.17) is 9.47 Å². The number of hydrogen-bond acceptors (Lipinski definition) is 5. The molecular formula is C14H12N2O4. The smallest absolute Gasteiger partial charge is 0.263 e. The van der Waals surface area contributed by atoms with E-state index >= 15 is 0 Å². The summed E-state index contributed by atoms with van der Waals surface area (Å²) in [6.07, 6.45) is -0.144. The Labute approximate surface area is 115 Å². The largest absolute Gasteiger partial charge is 0.495 e. The number of fused-ring (bicyclic) bond motifs is 2. The van der Waals surface area contributed by atoms with Crippen LogP contribution < -0.4 is 9.64 Å². The topological polar surface area (TPSA) is 79.6 Å². The second-order valence-corrected chi connectivity index (χ2v) is 4.67. The Kier molecular flexibility index (Phi) is 2.92. The highest BCUT2D eigenvalue weighted by molar-refractivity contribution is 6.21. The van der Waals surface area contributed by atoms with Crippen molar-refractivity contribution in [3.05, 3.63) is 23.8 Å². The Morgan fingerprint density at radius 1 is 1.30 bits per heavy atom. The molecule has 1 aromatic carbocycles. The van der Waals surface area contributed by atoms with Crippen LogP contribution in [0.4, 0.5) is 5.69 Å². The van der Waals surface area contributed by atoms with Crippen LogP contribution in [0.3, 0.4) is 0 Å². The maximum absolute atomic E-state index is 12.3. The standard InChI is InChI=1S/C14H12N2O4/c1-19-9-4-2-3-8(7-15)12(9)16-13(17)10-5-6-11(20-10)14(16)18/h2-4,10-11H,5-6H2,1H3. The second-order valence-electron chi connectivity index (χ2n) is 4.67. The van der Waals surface area contributed by atoms with E-state index < -0.39 is 24.0 Å². The van der Waals surface area contributed by atoms with Crippen molar-refractivity contribution in [2.45, 2.75) is 25.0 Å². The highest BCUT2D eigenvalue weighted by Gasteiger charge is 2.48. The maximum Gasteiger partial charge on any atom is 0.263 e. The number of ether oxygens (including phenoxy) is 2. The molecule has 0 spiro atoms. The minimum atomic E-state index is -0.603. The molecule has 2 bridgehead atoms. The normalized spacial score (nSPS) is 24.7. The Morgan fingerprint density at radius 2 is 1.95 bits per heavy atom. The number of imide groups is 1. The van der Waals surface area contributed by atoms with Gasteiger partial charge in [0.15, 0.2) is 0 Å². The third-order valence-corrected chi connectivity index (χ3v) is 3.57. The van der Waals surface area contributed by atoms with Gasteiger partial charge in [-0.3, -0.25) is 9.59 Å². The zero-order valence-corrected chi connectivity index (χ0v) is 10.8. The first-order valence-corrected chi connectivity index (χ1v) is 6.27. The van der Waals surface area contributed by atoms with Gasteiger partial charge < -0.3 is 9.47 Å². The fourth-order valence-electron chi connectivity index (χ4n) is 2.63. The summed E-state index contributed by atoms with van der Waals surface area (Å²) < 4.78 is 10.5. The van der Waals surface area contributed by atoms with Crippen LogP contribution in [-0.2, 0) is 14.3 Å². The van der Waals surface area contributed by atoms with Crippen LogP contribution in [0.5, 0.6) is 5.75 Å². The number of benzene rings is 1. The number of anilines is 1. The molecule has 1 aromatic rings. The van der Waals surface area contributed by atoms with Crippen molar-refractivity contribution in [1.82, 2.24) is 0 Å². The summed E-state index contributed by atoms with van der Waals surface area (Å²) in [6, 6.07) is 6.81. The van der Waals surface area contributed by atoms with Gasteiger partial charge in [-0.1, -0.05) is 6.07 Å². The molecule has 2 fully saturated rings. The Balaban J connectivity index is 2.15. The number of morpholine rings is 1. The molecule has 6 nitrogen and oxygen atoms in total. The number of amides is 2. The second kappa shape index (κ2) is 4.62. The van der Waals surface area contributed by atoms with Crippen LogP contribution in [0, 0.1) is 11.3 Å². The molecule has 2 unspecified atom stereocenters. The molecule has 20 heavy (non-hydrogen) atoms. The molecule has 6 heteroatoms. The number of hydrogen-bond donors (Lipinski definition) is 0. The molecule has 102 valence electrons. The summed E-state index contributed by atoms with van der Waals surface area (Å²) in [5, 5.41) is 9.20. The van der Waals surface area contributed by atoms with Crippen molar-refractivity contribution in [3.63, 3.8) is 0 Å². The van der Waals surface area contributed by atoms with E-state index in [9.17, 15) is 14.9 Å². The van der Waals surface area contributed by atoms with Crippen LogP contribution >= 0.6 is 0 Å².